The molecule has 0 atom stereocenters. The molecule has 3 aromatic rings. The number of fused-ring (bicyclic) bond motifs is 1. The fourth-order valence-corrected chi connectivity index (χ4v) is 3.60. The van der Waals surface area contributed by atoms with Crippen LogP contribution in [0.2, 0.25) is 0 Å². The van der Waals surface area contributed by atoms with Crippen molar-refractivity contribution in [3.63, 3.8) is 0 Å². The Kier molecular flexibility index (Phi) is 5.20. The highest BCUT2D eigenvalue weighted by Crippen LogP contribution is 2.24. The molecule has 1 aromatic heterocycles. The lowest BCUT2D eigenvalue weighted by Crippen LogP contribution is -2.41. The van der Waals surface area contributed by atoms with Crippen LogP contribution in [0.3, 0.4) is 0 Å². The van der Waals surface area contributed by atoms with E-state index in [1.165, 1.54) is 6.07 Å². The highest BCUT2D eigenvalue weighted by atomic mass is 19.2. The van der Waals surface area contributed by atoms with Crippen molar-refractivity contribution in [2.45, 2.75) is 12.8 Å². The molecule has 0 spiro atoms. The summed E-state index contributed by atoms with van der Waals surface area (Å²) in [6, 6.07) is 12.5. The van der Waals surface area contributed by atoms with Gasteiger partial charge in [0.15, 0.2) is 11.6 Å². The van der Waals surface area contributed by atoms with Crippen molar-refractivity contribution in [1.29, 1.82) is 0 Å². The Hall–Kier alpha value is -3.35. The van der Waals surface area contributed by atoms with Gasteiger partial charge in [-0.2, -0.15) is 0 Å². The summed E-state index contributed by atoms with van der Waals surface area (Å²) in [7, 11) is 0. The van der Waals surface area contributed by atoms with Crippen LogP contribution in [0.4, 0.5) is 14.5 Å². The van der Waals surface area contributed by atoms with Gasteiger partial charge in [0.1, 0.15) is 0 Å². The van der Waals surface area contributed by atoms with Crippen LogP contribution < -0.4 is 5.32 Å². The predicted octanol–water partition coefficient (Wildman–Crippen LogP) is 4.00. The third kappa shape index (κ3) is 3.94. The van der Waals surface area contributed by atoms with E-state index in [0.29, 0.717) is 31.6 Å². The summed E-state index contributed by atoms with van der Waals surface area (Å²) in [4.78, 5) is 31.1. The Labute approximate surface area is 166 Å². The molecule has 148 valence electrons. The Morgan fingerprint density at radius 3 is 2.52 bits per heavy atom. The number of carbonyl (C=O) groups is 2. The SMILES string of the molecule is O=C(Nc1cccc2cccnc12)C1CCN(C(=O)c2ccc(F)c(F)c2)CC1. The highest BCUT2D eigenvalue weighted by Gasteiger charge is 2.28. The van der Waals surface area contributed by atoms with E-state index in [2.05, 4.69) is 10.3 Å². The van der Waals surface area contributed by atoms with Gasteiger partial charge in [0.25, 0.3) is 5.91 Å². The second-order valence-corrected chi connectivity index (χ2v) is 7.07. The maximum atomic E-state index is 13.4. The second kappa shape index (κ2) is 7.95. The largest absolute Gasteiger partial charge is 0.339 e. The number of nitrogens with zero attached hydrogens (tertiary/aromatic N) is 2. The average Bonchev–Trinajstić information content (AvgIpc) is 2.75. The summed E-state index contributed by atoms with van der Waals surface area (Å²) in [5.74, 6) is -2.74. The smallest absolute Gasteiger partial charge is 0.253 e. The van der Waals surface area contributed by atoms with Gasteiger partial charge < -0.3 is 10.2 Å². The van der Waals surface area contributed by atoms with Crippen LogP contribution in [-0.2, 0) is 4.79 Å². The lowest BCUT2D eigenvalue weighted by atomic mass is 9.95. The molecule has 0 radical (unpaired) electrons. The summed E-state index contributed by atoms with van der Waals surface area (Å²) in [5.41, 5.74) is 1.50. The minimum atomic E-state index is -1.05. The molecule has 7 heteroatoms. The van der Waals surface area contributed by atoms with Gasteiger partial charge in [-0.15, -0.1) is 0 Å². The molecule has 1 aliphatic heterocycles. The van der Waals surface area contributed by atoms with Gasteiger partial charge >= 0.3 is 0 Å². The number of benzene rings is 2. The number of nitrogens with one attached hydrogen (secondary N) is 1. The lowest BCUT2D eigenvalue weighted by Gasteiger charge is -2.31. The number of halogens is 2. The van der Waals surface area contributed by atoms with E-state index in [-0.39, 0.29) is 23.3 Å². The van der Waals surface area contributed by atoms with Crippen LogP contribution in [0.25, 0.3) is 10.9 Å². The van der Waals surface area contributed by atoms with Crippen molar-refractivity contribution < 1.29 is 18.4 Å². The second-order valence-electron chi connectivity index (χ2n) is 7.07. The zero-order chi connectivity index (χ0) is 20.4. The topological polar surface area (TPSA) is 62.3 Å². The Morgan fingerprint density at radius 1 is 1.00 bits per heavy atom. The summed E-state index contributed by atoms with van der Waals surface area (Å²) < 4.78 is 26.5. The molecule has 1 saturated heterocycles. The van der Waals surface area contributed by atoms with Gasteiger partial charge in [0.2, 0.25) is 5.91 Å². The minimum absolute atomic E-state index is 0.105. The molecule has 0 aliphatic carbocycles. The lowest BCUT2D eigenvalue weighted by molar-refractivity contribution is -0.121. The monoisotopic (exact) mass is 395 g/mol. The predicted molar refractivity (Wildman–Crippen MR) is 105 cm³/mol. The normalized spacial score (nSPS) is 14.8. The van der Waals surface area contributed by atoms with E-state index >= 15 is 0 Å². The van der Waals surface area contributed by atoms with Crippen LogP contribution >= 0.6 is 0 Å². The molecular weight excluding hydrogens is 376 g/mol. The maximum Gasteiger partial charge on any atom is 0.253 e. The number of likely N-dealkylation sites (tertiary alicyclic amines) is 1. The summed E-state index contributed by atoms with van der Waals surface area (Å²) in [6.07, 6.45) is 2.68. The Balaban J connectivity index is 1.39. The van der Waals surface area contributed by atoms with Crippen LogP contribution in [0.15, 0.2) is 54.7 Å². The number of carbonyl (C=O) groups excluding carboxylic acids is 2. The number of piperidine rings is 1. The molecule has 2 amide bonds. The molecule has 1 aliphatic rings. The van der Waals surface area contributed by atoms with E-state index in [9.17, 15) is 18.4 Å². The van der Waals surface area contributed by atoms with Crippen molar-refractivity contribution >= 4 is 28.4 Å². The molecular formula is C22H19F2N3O2. The number of hydrogen-bond acceptors (Lipinski definition) is 3. The van der Waals surface area contributed by atoms with Gasteiger partial charge in [-0.3, -0.25) is 14.6 Å². The number of aromatic nitrogens is 1. The number of amides is 2. The van der Waals surface area contributed by atoms with Crippen LogP contribution in [0, 0.1) is 17.6 Å². The molecule has 1 fully saturated rings. The highest BCUT2D eigenvalue weighted by molar-refractivity contribution is 6.01. The number of anilines is 1. The third-order valence-corrected chi connectivity index (χ3v) is 5.21. The van der Waals surface area contributed by atoms with Crippen LogP contribution in [-0.4, -0.2) is 34.8 Å². The average molecular weight is 395 g/mol. The number of hydrogen-bond donors (Lipinski definition) is 1. The van der Waals surface area contributed by atoms with Gasteiger partial charge in [0.05, 0.1) is 11.2 Å². The molecule has 5 nitrogen and oxygen atoms in total. The van der Waals surface area contributed by atoms with Gasteiger partial charge in [0, 0.05) is 36.2 Å². The first-order valence-electron chi connectivity index (χ1n) is 9.42. The van der Waals surface area contributed by atoms with Crippen molar-refractivity contribution in [2.75, 3.05) is 18.4 Å². The van der Waals surface area contributed by atoms with E-state index in [4.69, 9.17) is 0 Å². The first kappa shape index (κ1) is 19.0. The van der Waals surface area contributed by atoms with Gasteiger partial charge in [-0.25, -0.2) is 8.78 Å². The molecule has 0 bridgehead atoms. The first-order chi connectivity index (χ1) is 14.0. The van der Waals surface area contributed by atoms with Crippen molar-refractivity contribution in [3.05, 3.63) is 71.9 Å². The van der Waals surface area contributed by atoms with E-state index in [0.717, 1.165) is 23.0 Å². The Bertz CT molecular complexity index is 1070. The van der Waals surface area contributed by atoms with Crippen LogP contribution in [0.1, 0.15) is 23.2 Å². The number of para-hydroxylation sites is 1. The van der Waals surface area contributed by atoms with Crippen molar-refractivity contribution in [3.8, 4) is 0 Å². The molecule has 29 heavy (non-hydrogen) atoms. The van der Waals surface area contributed by atoms with Gasteiger partial charge in [-0.05, 0) is 43.2 Å². The van der Waals surface area contributed by atoms with E-state index in [1.807, 2.05) is 30.3 Å². The minimum Gasteiger partial charge on any atom is -0.339 e. The van der Waals surface area contributed by atoms with Crippen LogP contribution in [0.5, 0.6) is 0 Å². The fraction of sp³-hybridized carbons (Fsp3) is 0.227. The zero-order valence-electron chi connectivity index (χ0n) is 15.6. The van der Waals surface area contributed by atoms with E-state index in [1.54, 1.807) is 11.1 Å². The number of pyridine rings is 1. The zero-order valence-corrected chi connectivity index (χ0v) is 15.6. The van der Waals surface area contributed by atoms with Crippen molar-refractivity contribution in [2.24, 2.45) is 5.92 Å². The van der Waals surface area contributed by atoms with Crippen molar-refractivity contribution in [1.82, 2.24) is 9.88 Å². The summed E-state index contributed by atoms with van der Waals surface area (Å²) in [5, 5.41) is 3.89. The molecule has 1 N–H and O–H groups in total. The molecule has 2 heterocycles. The standard InChI is InChI=1S/C22H19F2N3O2/c23-17-7-6-16(13-18(17)24)22(29)27-11-8-15(9-12-27)21(28)26-19-5-1-3-14-4-2-10-25-20(14)19/h1-7,10,13,15H,8-9,11-12H2,(H,26,28). The van der Waals surface area contributed by atoms with E-state index < -0.39 is 11.6 Å². The quantitative estimate of drug-likeness (QED) is 0.729. The summed E-state index contributed by atoms with van der Waals surface area (Å²) >= 11 is 0. The maximum absolute atomic E-state index is 13.4. The van der Waals surface area contributed by atoms with Gasteiger partial charge in [-0.1, -0.05) is 18.2 Å². The molecule has 2 aromatic carbocycles. The summed E-state index contributed by atoms with van der Waals surface area (Å²) in [6.45, 7) is 0.757. The molecule has 0 saturated carbocycles. The molecule has 4 rings (SSSR count). The fourth-order valence-electron chi connectivity index (χ4n) is 3.60. The third-order valence-electron chi connectivity index (χ3n) is 5.21. The number of rotatable bonds is 3. The Morgan fingerprint density at radius 2 is 1.76 bits per heavy atom. The first-order valence-corrected chi connectivity index (χ1v) is 9.42. The molecule has 0 unspecified atom stereocenters.